The Kier molecular flexibility index (Phi) is 5.19. The van der Waals surface area contributed by atoms with Crippen molar-refractivity contribution in [3.8, 4) is 0 Å². The van der Waals surface area contributed by atoms with Crippen LogP contribution in [0.3, 0.4) is 0 Å². The minimum atomic E-state index is -0.470. The number of nitrogens with one attached hydrogen (secondary N) is 2. The zero-order chi connectivity index (χ0) is 15.2. The summed E-state index contributed by atoms with van der Waals surface area (Å²) in [6.45, 7) is 2.17. The molecule has 1 saturated carbocycles. The average Bonchev–Trinajstić information content (AvgIpc) is 2.85. The number of anilines is 1. The van der Waals surface area contributed by atoms with Crippen molar-refractivity contribution in [3.05, 3.63) is 12.4 Å². The van der Waals surface area contributed by atoms with Gasteiger partial charge in [0.05, 0.1) is 11.9 Å². The van der Waals surface area contributed by atoms with Gasteiger partial charge >= 0.3 is 6.03 Å². The smallest absolute Gasteiger partial charge is 0.319 e. The number of carbonyl (C=O) groups excluding carboxylic acids is 2. The molecule has 1 fully saturated rings. The van der Waals surface area contributed by atoms with Crippen molar-refractivity contribution < 1.29 is 9.59 Å². The van der Waals surface area contributed by atoms with E-state index in [2.05, 4.69) is 22.7 Å². The molecule has 0 radical (unpaired) electrons. The second-order valence-electron chi connectivity index (χ2n) is 5.55. The third-order valence-corrected chi connectivity index (χ3v) is 3.96. The Morgan fingerprint density at radius 2 is 2.19 bits per heavy atom. The zero-order valence-electron chi connectivity index (χ0n) is 12.3. The van der Waals surface area contributed by atoms with Crippen LogP contribution in [0.1, 0.15) is 39.0 Å². The van der Waals surface area contributed by atoms with Crippen molar-refractivity contribution in [1.82, 2.24) is 15.1 Å². The lowest BCUT2D eigenvalue weighted by Gasteiger charge is -2.31. The van der Waals surface area contributed by atoms with Gasteiger partial charge < -0.3 is 16.4 Å². The molecule has 0 aliphatic heterocycles. The number of rotatable bonds is 5. The molecule has 116 valence electrons. The maximum atomic E-state index is 12.0. The fourth-order valence-corrected chi connectivity index (χ4v) is 2.90. The van der Waals surface area contributed by atoms with E-state index in [0.29, 0.717) is 11.6 Å². The van der Waals surface area contributed by atoms with Crippen LogP contribution in [0.5, 0.6) is 0 Å². The summed E-state index contributed by atoms with van der Waals surface area (Å²) < 4.78 is 1.40. The number of aromatic nitrogens is 2. The van der Waals surface area contributed by atoms with E-state index in [1.54, 1.807) is 6.20 Å². The Balaban J connectivity index is 1.86. The van der Waals surface area contributed by atoms with E-state index in [9.17, 15) is 9.59 Å². The van der Waals surface area contributed by atoms with Gasteiger partial charge in [-0.2, -0.15) is 5.10 Å². The quantitative estimate of drug-likeness (QED) is 0.765. The lowest BCUT2D eigenvalue weighted by Crippen LogP contribution is -2.43. The molecule has 1 heterocycles. The first-order chi connectivity index (χ1) is 10.1. The van der Waals surface area contributed by atoms with Gasteiger partial charge in [-0.1, -0.05) is 26.2 Å². The molecule has 3 amide bonds. The Morgan fingerprint density at radius 1 is 1.43 bits per heavy atom. The Labute approximate surface area is 124 Å². The molecule has 7 nitrogen and oxygen atoms in total. The fraction of sp³-hybridized carbons (Fsp3) is 0.643. The van der Waals surface area contributed by atoms with E-state index in [4.69, 9.17) is 5.73 Å². The van der Waals surface area contributed by atoms with Gasteiger partial charge in [0.15, 0.2) is 0 Å². The monoisotopic (exact) mass is 293 g/mol. The Hall–Kier alpha value is -2.05. The van der Waals surface area contributed by atoms with Gasteiger partial charge in [0.2, 0.25) is 5.91 Å². The van der Waals surface area contributed by atoms with Crippen LogP contribution in [0.4, 0.5) is 10.5 Å². The zero-order valence-corrected chi connectivity index (χ0v) is 12.3. The second-order valence-corrected chi connectivity index (χ2v) is 5.55. The number of amides is 3. The predicted octanol–water partition coefficient (Wildman–Crippen LogP) is 1.46. The predicted molar refractivity (Wildman–Crippen MR) is 79.6 cm³/mol. The van der Waals surface area contributed by atoms with Crippen molar-refractivity contribution in [2.24, 2.45) is 11.7 Å². The molecular formula is C14H23N5O2. The van der Waals surface area contributed by atoms with Crippen LogP contribution in [0.25, 0.3) is 0 Å². The summed E-state index contributed by atoms with van der Waals surface area (Å²) in [6.07, 6.45) is 8.80. The van der Waals surface area contributed by atoms with E-state index in [1.165, 1.54) is 23.7 Å². The molecule has 1 aromatic rings. The lowest BCUT2D eigenvalue weighted by atomic mass is 9.83. The van der Waals surface area contributed by atoms with Gasteiger partial charge in [0.25, 0.3) is 0 Å². The van der Waals surface area contributed by atoms with Gasteiger partial charge in [0, 0.05) is 12.2 Å². The third kappa shape index (κ3) is 4.47. The summed E-state index contributed by atoms with van der Waals surface area (Å²) >= 11 is 0. The molecule has 1 aromatic heterocycles. The van der Waals surface area contributed by atoms with Gasteiger partial charge in [-0.15, -0.1) is 0 Å². The molecule has 0 saturated heterocycles. The molecule has 2 atom stereocenters. The van der Waals surface area contributed by atoms with Crippen molar-refractivity contribution in [3.63, 3.8) is 0 Å². The largest absolute Gasteiger partial charge is 0.368 e. The van der Waals surface area contributed by atoms with E-state index >= 15 is 0 Å². The summed E-state index contributed by atoms with van der Waals surface area (Å²) in [4.78, 5) is 22.8. The highest BCUT2D eigenvalue weighted by Gasteiger charge is 2.25. The van der Waals surface area contributed by atoms with Crippen molar-refractivity contribution in [2.45, 2.75) is 51.6 Å². The number of urea groups is 1. The third-order valence-electron chi connectivity index (χ3n) is 3.96. The van der Waals surface area contributed by atoms with Crippen LogP contribution in [0, 0.1) is 5.92 Å². The molecule has 0 unspecified atom stereocenters. The fourth-order valence-electron chi connectivity index (χ4n) is 2.90. The van der Waals surface area contributed by atoms with Gasteiger partial charge in [0.1, 0.15) is 6.54 Å². The summed E-state index contributed by atoms with van der Waals surface area (Å²) in [5, 5.41) is 9.74. The molecular weight excluding hydrogens is 270 g/mol. The van der Waals surface area contributed by atoms with E-state index < -0.39 is 5.91 Å². The number of hydrogen-bond donors (Lipinski definition) is 3. The van der Waals surface area contributed by atoms with E-state index in [1.807, 2.05) is 0 Å². The SMILES string of the molecule is CC[C@H]1CCCC[C@@H]1NC(=O)Nc1cnn(CC(N)=O)c1. The highest BCUT2D eigenvalue weighted by molar-refractivity contribution is 5.89. The molecule has 0 aromatic carbocycles. The first-order valence-electron chi connectivity index (χ1n) is 7.46. The normalized spacial score (nSPS) is 21.8. The van der Waals surface area contributed by atoms with Crippen LogP contribution in [0.15, 0.2) is 12.4 Å². The number of carbonyl (C=O) groups is 2. The molecule has 2 rings (SSSR count). The number of hydrogen-bond acceptors (Lipinski definition) is 3. The van der Waals surface area contributed by atoms with Crippen LogP contribution in [0.2, 0.25) is 0 Å². The minimum Gasteiger partial charge on any atom is -0.368 e. The molecule has 1 aliphatic carbocycles. The standard InChI is InChI=1S/C14H23N5O2/c1-2-10-5-3-4-6-12(10)18-14(21)17-11-7-16-19(8-11)9-13(15)20/h7-8,10,12H,2-6,9H2,1H3,(H2,15,20)(H2,17,18,21)/t10-,12-/m0/s1. The number of primary amides is 1. The maximum Gasteiger partial charge on any atom is 0.319 e. The number of nitrogens with two attached hydrogens (primary N) is 1. The highest BCUT2D eigenvalue weighted by Crippen LogP contribution is 2.26. The first kappa shape index (κ1) is 15.3. The Morgan fingerprint density at radius 3 is 2.90 bits per heavy atom. The van der Waals surface area contributed by atoms with Gasteiger partial charge in [-0.3, -0.25) is 9.48 Å². The molecule has 0 spiro atoms. The average molecular weight is 293 g/mol. The van der Waals surface area contributed by atoms with Crippen LogP contribution in [-0.2, 0) is 11.3 Å². The summed E-state index contributed by atoms with van der Waals surface area (Å²) in [5.74, 6) is 0.0872. The molecule has 7 heteroatoms. The maximum absolute atomic E-state index is 12.0. The molecule has 21 heavy (non-hydrogen) atoms. The summed E-state index contributed by atoms with van der Waals surface area (Å²) in [7, 11) is 0. The van der Waals surface area contributed by atoms with Crippen molar-refractivity contribution >= 4 is 17.6 Å². The molecule has 1 aliphatic rings. The van der Waals surface area contributed by atoms with E-state index in [0.717, 1.165) is 19.3 Å². The molecule has 0 bridgehead atoms. The summed E-state index contributed by atoms with van der Waals surface area (Å²) in [5.41, 5.74) is 5.64. The van der Waals surface area contributed by atoms with Crippen LogP contribution >= 0.6 is 0 Å². The van der Waals surface area contributed by atoms with Crippen LogP contribution in [-0.4, -0.2) is 27.8 Å². The summed E-state index contributed by atoms with van der Waals surface area (Å²) in [6, 6.07) is 0.0170. The van der Waals surface area contributed by atoms with Crippen molar-refractivity contribution in [2.75, 3.05) is 5.32 Å². The van der Waals surface area contributed by atoms with Crippen molar-refractivity contribution in [1.29, 1.82) is 0 Å². The van der Waals surface area contributed by atoms with E-state index in [-0.39, 0.29) is 18.6 Å². The second kappa shape index (κ2) is 7.10. The number of nitrogens with zero attached hydrogens (tertiary/aromatic N) is 2. The minimum absolute atomic E-state index is 0.00380. The van der Waals surface area contributed by atoms with Gasteiger partial charge in [-0.25, -0.2) is 4.79 Å². The lowest BCUT2D eigenvalue weighted by molar-refractivity contribution is -0.118. The Bertz CT molecular complexity index is 499. The van der Waals surface area contributed by atoms with Crippen LogP contribution < -0.4 is 16.4 Å². The first-order valence-corrected chi connectivity index (χ1v) is 7.46. The molecule has 4 N–H and O–H groups in total. The highest BCUT2D eigenvalue weighted by atomic mass is 16.2. The topological polar surface area (TPSA) is 102 Å². The van der Waals surface area contributed by atoms with Gasteiger partial charge in [-0.05, 0) is 18.8 Å².